The molecule has 0 aliphatic rings. The highest BCUT2D eigenvalue weighted by Crippen LogP contribution is 2.20. The van der Waals surface area contributed by atoms with E-state index >= 15 is 0 Å². The maximum Gasteiger partial charge on any atom is 0.195 e. The minimum atomic E-state index is -1.27. The second kappa shape index (κ2) is 8.73. The maximum atomic E-state index is 11.1. The summed E-state index contributed by atoms with van der Waals surface area (Å²) in [7, 11) is 0. The molecule has 1 rings (SSSR count). The Morgan fingerprint density at radius 3 is 2.50 bits per heavy atom. The Kier molecular flexibility index (Phi) is 7.31. The highest BCUT2D eigenvalue weighted by molar-refractivity contribution is 5.67. The van der Waals surface area contributed by atoms with Crippen molar-refractivity contribution in [2.45, 2.75) is 32.0 Å². The van der Waals surface area contributed by atoms with E-state index in [1.165, 1.54) is 25.3 Å². The van der Waals surface area contributed by atoms with Crippen LogP contribution in [-0.4, -0.2) is 39.1 Å². The van der Waals surface area contributed by atoms with Crippen LogP contribution in [0, 0.1) is 10.4 Å². The summed E-state index contributed by atoms with van der Waals surface area (Å²) in [6, 6.07) is 3.62. The SMILES string of the molecule is CC(O)C(O)CCC=NNc1ccc([NH+]([O-])O)cc1[NH+]([O-])O. The predicted molar refractivity (Wildman–Crippen MR) is 77.0 cm³/mol. The average Bonchev–Trinajstić information content (AvgIpc) is 2.46. The Labute approximate surface area is 126 Å². The van der Waals surface area contributed by atoms with Crippen LogP contribution in [0.25, 0.3) is 0 Å². The van der Waals surface area contributed by atoms with E-state index in [-0.39, 0.29) is 17.1 Å². The quantitative estimate of drug-likeness (QED) is 0.225. The first kappa shape index (κ1) is 18.4. The van der Waals surface area contributed by atoms with E-state index < -0.39 is 22.7 Å². The third-order valence-corrected chi connectivity index (χ3v) is 2.92. The third-order valence-electron chi connectivity index (χ3n) is 2.92. The highest BCUT2D eigenvalue weighted by Gasteiger charge is 2.13. The number of anilines is 1. The number of nitrogens with one attached hydrogen (secondary N) is 3. The molecule has 0 aliphatic carbocycles. The van der Waals surface area contributed by atoms with Crippen molar-refractivity contribution in [2.24, 2.45) is 5.10 Å². The molecule has 0 fully saturated rings. The van der Waals surface area contributed by atoms with Gasteiger partial charge in [-0.2, -0.15) is 15.6 Å². The molecule has 0 saturated carbocycles. The summed E-state index contributed by atoms with van der Waals surface area (Å²) in [5.74, 6) is 0. The molecule has 10 heteroatoms. The first-order chi connectivity index (χ1) is 10.3. The summed E-state index contributed by atoms with van der Waals surface area (Å²) in [6.45, 7) is 1.48. The van der Waals surface area contributed by atoms with Crippen molar-refractivity contribution in [3.05, 3.63) is 28.6 Å². The van der Waals surface area contributed by atoms with E-state index in [2.05, 4.69) is 10.5 Å². The van der Waals surface area contributed by atoms with Crippen LogP contribution in [0.5, 0.6) is 0 Å². The number of benzene rings is 1. The first-order valence-electron chi connectivity index (χ1n) is 6.57. The minimum Gasteiger partial charge on any atom is -0.595 e. The van der Waals surface area contributed by atoms with Crippen molar-refractivity contribution in [1.29, 1.82) is 0 Å². The van der Waals surface area contributed by atoms with Crippen LogP contribution in [0.1, 0.15) is 19.8 Å². The molecule has 1 aromatic rings. The molecule has 4 atom stereocenters. The van der Waals surface area contributed by atoms with Crippen LogP contribution in [0.4, 0.5) is 17.1 Å². The molecule has 0 saturated heterocycles. The van der Waals surface area contributed by atoms with Crippen molar-refractivity contribution in [2.75, 3.05) is 5.43 Å². The predicted octanol–water partition coefficient (Wildman–Crippen LogP) is -1.59. The average molecular weight is 316 g/mol. The smallest absolute Gasteiger partial charge is 0.195 e. The van der Waals surface area contributed by atoms with Gasteiger partial charge in [0.1, 0.15) is 5.69 Å². The topological polar surface area (TPSA) is 160 Å². The normalized spacial score (nSPS) is 17.2. The molecule has 0 aliphatic heterocycles. The number of quaternary nitrogens is 2. The van der Waals surface area contributed by atoms with Gasteiger partial charge in [0.05, 0.1) is 18.3 Å². The fourth-order valence-corrected chi connectivity index (χ4v) is 1.62. The number of hydrogen-bond acceptors (Lipinski definition) is 8. The van der Waals surface area contributed by atoms with Crippen LogP contribution in [0.15, 0.2) is 23.3 Å². The summed E-state index contributed by atoms with van der Waals surface area (Å²) in [6.07, 6.45) is 0.447. The van der Waals surface area contributed by atoms with Gasteiger partial charge in [-0.1, -0.05) is 0 Å². The van der Waals surface area contributed by atoms with E-state index in [1.54, 1.807) is 0 Å². The van der Waals surface area contributed by atoms with E-state index in [1.807, 2.05) is 0 Å². The monoisotopic (exact) mass is 316 g/mol. The number of aliphatic hydroxyl groups is 2. The van der Waals surface area contributed by atoms with Crippen molar-refractivity contribution in [1.82, 2.24) is 0 Å². The van der Waals surface area contributed by atoms with Crippen LogP contribution in [0.3, 0.4) is 0 Å². The van der Waals surface area contributed by atoms with Gasteiger partial charge in [-0.25, -0.2) is 10.4 Å². The van der Waals surface area contributed by atoms with Crippen molar-refractivity contribution in [3.8, 4) is 0 Å². The van der Waals surface area contributed by atoms with Gasteiger partial charge >= 0.3 is 0 Å². The second-order valence-corrected chi connectivity index (χ2v) is 4.68. The molecule has 7 N–H and O–H groups in total. The largest absolute Gasteiger partial charge is 0.595 e. The fourth-order valence-electron chi connectivity index (χ4n) is 1.62. The Bertz CT molecular complexity index is 495. The molecule has 0 heterocycles. The molecule has 1 aromatic carbocycles. The Morgan fingerprint density at radius 2 is 1.95 bits per heavy atom. The molecule has 0 bridgehead atoms. The standard InChI is InChI=1S/C12H20N4O6/c1-8(17)12(18)3-2-6-13-14-10-5-4-9(15(19)20)7-11(10)16(21)22/h4-8,12,14-19,21H,2-3H2,1H3. The maximum absolute atomic E-state index is 11.1. The number of nitrogens with zero attached hydrogens (tertiary/aromatic N) is 1. The molecule has 4 unspecified atom stereocenters. The van der Waals surface area contributed by atoms with Crippen LogP contribution >= 0.6 is 0 Å². The Balaban J connectivity index is 2.65. The molecular formula is C12H20N4O6. The summed E-state index contributed by atoms with van der Waals surface area (Å²) in [5, 5.41) is 59.6. The zero-order valence-electron chi connectivity index (χ0n) is 11.9. The van der Waals surface area contributed by atoms with E-state index in [4.69, 9.17) is 15.5 Å². The van der Waals surface area contributed by atoms with Gasteiger partial charge in [-0.15, -0.1) is 0 Å². The number of hydrogen-bond donors (Lipinski definition) is 7. The molecule has 0 amide bonds. The molecule has 0 aromatic heterocycles. The van der Waals surface area contributed by atoms with E-state index in [9.17, 15) is 15.5 Å². The van der Waals surface area contributed by atoms with Crippen molar-refractivity contribution >= 4 is 23.3 Å². The summed E-state index contributed by atoms with van der Waals surface area (Å²) >= 11 is 0. The summed E-state index contributed by atoms with van der Waals surface area (Å²) in [5.41, 5.74) is 2.33. The highest BCUT2D eigenvalue weighted by atomic mass is 16.8. The Morgan fingerprint density at radius 1 is 1.27 bits per heavy atom. The van der Waals surface area contributed by atoms with E-state index in [0.29, 0.717) is 12.8 Å². The van der Waals surface area contributed by atoms with Gasteiger partial charge in [-0.3, -0.25) is 5.43 Å². The molecule has 0 spiro atoms. The van der Waals surface area contributed by atoms with Crippen molar-refractivity contribution < 1.29 is 31.1 Å². The summed E-state index contributed by atoms with van der Waals surface area (Å²) in [4.78, 5) is 0. The van der Waals surface area contributed by atoms with E-state index in [0.717, 1.165) is 6.07 Å². The lowest BCUT2D eigenvalue weighted by atomic mass is 10.1. The van der Waals surface area contributed by atoms with Crippen LogP contribution in [0.2, 0.25) is 0 Å². The van der Waals surface area contributed by atoms with Crippen LogP contribution < -0.4 is 15.9 Å². The zero-order valence-corrected chi connectivity index (χ0v) is 11.9. The van der Waals surface area contributed by atoms with Crippen LogP contribution in [-0.2, 0) is 0 Å². The third kappa shape index (κ3) is 5.63. The molecule has 124 valence electrons. The van der Waals surface area contributed by atoms with Gasteiger partial charge in [-0.05, 0) is 25.8 Å². The van der Waals surface area contributed by atoms with Gasteiger partial charge in [0.2, 0.25) is 0 Å². The van der Waals surface area contributed by atoms with Gasteiger partial charge in [0.15, 0.2) is 11.4 Å². The molecule has 0 radical (unpaired) electrons. The Hall–Kier alpha value is -1.63. The fraction of sp³-hybridized carbons (Fsp3) is 0.417. The minimum absolute atomic E-state index is 0.132. The first-order valence-corrected chi connectivity index (χ1v) is 6.57. The zero-order chi connectivity index (χ0) is 16.7. The molecular weight excluding hydrogens is 296 g/mol. The second-order valence-electron chi connectivity index (χ2n) is 4.68. The summed E-state index contributed by atoms with van der Waals surface area (Å²) < 4.78 is 0. The van der Waals surface area contributed by atoms with Gasteiger partial charge < -0.3 is 20.6 Å². The number of rotatable bonds is 8. The van der Waals surface area contributed by atoms with Gasteiger partial charge in [0, 0.05) is 12.3 Å². The molecule has 10 nitrogen and oxygen atoms in total. The lowest BCUT2D eigenvalue weighted by Crippen LogP contribution is -3.00. The number of aliphatic hydroxyl groups excluding tert-OH is 2. The lowest BCUT2D eigenvalue weighted by Gasteiger charge is -2.18. The van der Waals surface area contributed by atoms with Crippen molar-refractivity contribution in [3.63, 3.8) is 0 Å². The number of hydrazone groups is 1. The molecule has 22 heavy (non-hydrogen) atoms. The lowest BCUT2D eigenvalue weighted by molar-refractivity contribution is -0.996. The van der Waals surface area contributed by atoms with Gasteiger partial charge in [0.25, 0.3) is 0 Å².